The van der Waals surface area contributed by atoms with Gasteiger partial charge in [-0.15, -0.1) is 0 Å². The second-order valence-electron chi connectivity index (χ2n) is 4.90. The van der Waals surface area contributed by atoms with Gasteiger partial charge in [0, 0.05) is 17.2 Å². The van der Waals surface area contributed by atoms with Gasteiger partial charge in [0.1, 0.15) is 5.75 Å². The van der Waals surface area contributed by atoms with E-state index < -0.39 is 22.3 Å². The molecule has 120 valence electrons. The molecule has 1 amide bonds. The molecule has 7 nitrogen and oxygen atoms in total. The Kier molecular flexibility index (Phi) is 4.80. The molecule has 7 heteroatoms. The predicted molar refractivity (Wildman–Crippen MR) is 83.6 cm³/mol. The highest BCUT2D eigenvalue weighted by atomic mass is 16.6. The fourth-order valence-electron chi connectivity index (χ4n) is 2.20. The van der Waals surface area contributed by atoms with Crippen LogP contribution in [0.1, 0.15) is 28.9 Å². The van der Waals surface area contributed by atoms with Crippen LogP contribution in [0.4, 0.5) is 5.69 Å². The van der Waals surface area contributed by atoms with Gasteiger partial charge in [-0.25, -0.2) is 0 Å². The maximum Gasteiger partial charge on any atom is 0.310 e. The average molecular weight is 316 g/mol. The highest BCUT2D eigenvalue weighted by molar-refractivity contribution is 5.95. The lowest BCUT2D eigenvalue weighted by Gasteiger charge is -2.17. The number of carbonyl (C=O) groups excluding carboxylic acids is 1. The smallest absolute Gasteiger partial charge is 0.310 e. The Morgan fingerprint density at radius 1 is 1.30 bits per heavy atom. The number of hydrogen-bond donors (Lipinski definition) is 2. The quantitative estimate of drug-likeness (QED) is 0.652. The van der Waals surface area contributed by atoms with Crippen molar-refractivity contribution in [3.8, 4) is 11.5 Å². The van der Waals surface area contributed by atoms with E-state index in [-0.39, 0.29) is 11.6 Å². The maximum atomic E-state index is 12.2. The summed E-state index contributed by atoms with van der Waals surface area (Å²) in [5, 5.41) is 23.0. The highest BCUT2D eigenvalue weighted by Gasteiger charge is 2.18. The first-order valence-electron chi connectivity index (χ1n) is 6.85. The molecule has 2 aromatic rings. The van der Waals surface area contributed by atoms with E-state index in [1.54, 1.807) is 20.1 Å². The Balaban J connectivity index is 2.18. The van der Waals surface area contributed by atoms with Crippen LogP contribution in [0.3, 0.4) is 0 Å². The number of methoxy groups -OCH3 is 1. The number of rotatable bonds is 5. The van der Waals surface area contributed by atoms with Gasteiger partial charge in [-0.3, -0.25) is 14.9 Å². The molecule has 0 saturated heterocycles. The first-order valence-corrected chi connectivity index (χ1v) is 6.85. The third-order valence-electron chi connectivity index (χ3n) is 3.39. The number of aromatic hydroxyl groups is 1. The van der Waals surface area contributed by atoms with Crippen molar-refractivity contribution >= 4 is 11.6 Å². The number of carbonyl (C=O) groups is 1. The molecule has 0 spiro atoms. The van der Waals surface area contributed by atoms with Gasteiger partial charge in [-0.05, 0) is 25.1 Å². The van der Waals surface area contributed by atoms with Crippen molar-refractivity contribution in [2.45, 2.75) is 13.0 Å². The minimum Gasteiger partial charge on any atom is -0.502 e. The van der Waals surface area contributed by atoms with E-state index in [0.717, 1.165) is 17.7 Å². The molecule has 0 aliphatic heterocycles. The van der Waals surface area contributed by atoms with E-state index in [1.807, 2.05) is 18.2 Å². The molecule has 0 radical (unpaired) electrons. The number of benzene rings is 2. The van der Waals surface area contributed by atoms with Crippen molar-refractivity contribution in [1.82, 2.24) is 5.32 Å². The minimum atomic E-state index is -0.714. The number of ether oxygens (including phenoxy) is 1. The molecule has 0 bridgehead atoms. The fourth-order valence-corrected chi connectivity index (χ4v) is 2.20. The largest absolute Gasteiger partial charge is 0.502 e. The van der Waals surface area contributed by atoms with Crippen molar-refractivity contribution in [2.75, 3.05) is 7.11 Å². The van der Waals surface area contributed by atoms with E-state index in [4.69, 9.17) is 4.74 Å². The predicted octanol–water partition coefficient (Wildman–Crippen LogP) is 2.80. The molecule has 2 N–H and O–H groups in total. The van der Waals surface area contributed by atoms with Crippen molar-refractivity contribution < 1.29 is 19.6 Å². The molecule has 0 aromatic heterocycles. The lowest BCUT2D eigenvalue weighted by molar-refractivity contribution is -0.385. The van der Waals surface area contributed by atoms with Gasteiger partial charge in [-0.1, -0.05) is 18.2 Å². The zero-order valence-corrected chi connectivity index (χ0v) is 12.6. The Morgan fingerprint density at radius 2 is 2.00 bits per heavy atom. The molecule has 2 aromatic carbocycles. The maximum absolute atomic E-state index is 12.2. The second-order valence-corrected chi connectivity index (χ2v) is 4.90. The van der Waals surface area contributed by atoms with E-state index in [2.05, 4.69) is 5.32 Å². The number of nitrogens with one attached hydrogen (secondary N) is 1. The number of hydrogen-bond acceptors (Lipinski definition) is 5. The standard InChI is InChI=1S/C16H16N2O5/c1-10(12-5-3-4-6-15(12)23-2)17-16(20)11-7-8-13(18(21)22)14(19)9-11/h3-10,19H,1-2H3,(H,17,20)/t10-/m0/s1. The fraction of sp³-hybridized carbons (Fsp3) is 0.188. The van der Waals surface area contributed by atoms with Gasteiger partial charge < -0.3 is 15.2 Å². The average Bonchev–Trinajstić information content (AvgIpc) is 2.54. The monoisotopic (exact) mass is 316 g/mol. The molecule has 0 unspecified atom stereocenters. The van der Waals surface area contributed by atoms with Crippen molar-refractivity contribution in [2.24, 2.45) is 0 Å². The van der Waals surface area contributed by atoms with E-state index in [1.165, 1.54) is 6.07 Å². The Hall–Kier alpha value is -3.09. The second kappa shape index (κ2) is 6.78. The summed E-state index contributed by atoms with van der Waals surface area (Å²) in [6.07, 6.45) is 0. The molecule has 1 atom stereocenters. The summed E-state index contributed by atoms with van der Waals surface area (Å²) in [7, 11) is 1.54. The van der Waals surface area contributed by atoms with Gasteiger partial charge >= 0.3 is 5.69 Å². The molecule has 2 rings (SSSR count). The number of nitro groups is 1. The zero-order valence-electron chi connectivity index (χ0n) is 12.6. The summed E-state index contributed by atoms with van der Waals surface area (Å²) in [5.41, 5.74) is 0.489. The van der Waals surface area contributed by atoms with Crippen LogP contribution < -0.4 is 10.1 Å². The molecule has 23 heavy (non-hydrogen) atoms. The summed E-state index contributed by atoms with van der Waals surface area (Å²) in [5.74, 6) is -0.354. The van der Waals surface area contributed by atoms with Crippen LogP contribution >= 0.6 is 0 Å². The molecule has 0 aliphatic rings. The Morgan fingerprint density at radius 3 is 2.61 bits per heavy atom. The van der Waals surface area contributed by atoms with E-state index in [0.29, 0.717) is 5.75 Å². The van der Waals surface area contributed by atoms with Crippen LogP contribution in [-0.4, -0.2) is 23.0 Å². The number of phenolic OH excluding ortho intramolecular Hbond substituents is 1. The summed E-state index contributed by atoms with van der Waals surface area (Å²) >= 11 is 0. The van der Waals surface area contributed by atoms with Crippen LogP contribution in [-0.2, 0) is 0 Å². The third-order valence-corrected chi connectivity index (χ3v) is 3.39. The van der Waals surface area contributed by atoms with Gasteiger partial charge in [0.05, 0.1) is 18.1 Å². The molecular formula is C16H16N2O5. The summed E-state index contributed by atoms with van der Waals surface area (Å²) in [4.78, 5) is 22.2. The van der Waals surface area contributed by atoms with Gasteiger partial charge in [0.25, 0.3) is 5.91 Å². The summed E-state index contributed by atoms with van der Waals surface area (Å²) in [6, 6.07) is 10.4. The number of phenols is 1. The minimum absolute atomic E-state index is 0.134. The van der Waals surface area contributed by atoms with E-state index in [9.17, 15) is 20.0 Å². The van der Waals surface area contributed by atoms with Gasteiger partial charge in [-0.2, -0.15) is 0 Å². The lowest BCUT2D eigenvalue weighted by atomic mass is 10.1. The van der Waals surface area contributed by atoms with Crippen LogP contribution in [0.2, 0.25) is 0 Å². The third kappa shape index (κ3) is 3.57. The van der Waals surface area contributed by atoms with E-state index >= 15 is 0 Å². The van der Waals surface area contributed by atoms with Crippen LogP contribution in [0.25, 0.3) is 0 Å². The molecule has 0 fully saturated rings. The summed E-state index contributed by atoms with van der Waals surface area (Å²) < 4.78 is 5.25. The molecule has 0 aliphatic carbocycles. The first kappa shape index (κ1) is 16.3. The Bertz CT molecular complexity index is 745. The lowest BCUT2D eigenvalue weighted by Crippen LogP contribution is -2.26. The normalized spacial score (nSPS) is 11.6. The van der Waals surface area contributed by atoms with Crippen molar-refractivity contribution in [3.63, 3.8) is 0 Å². The number of nitro benzene ring substituents is 1. The van der Waals surface area contributed by atoms with Crippen molar-refractivity contribution in [3.05, 3.63) is 63.7 Å². The van der Waals surface area contributed by atoms with Gasteiger partial charge in [0.15, 0.2) is 5.75 Å². The van der Waals surface area contributed by atoms with Crippen LogP contribution in [0.5, 0.6) is 11.5 Å². The van der Waals surface area contributed by atoms with Crippen LogP contribution in [0.15, 0.2) is 42.5 Å². The molecule has 0 saturated carbocycles. The molecular weight excluding hydrogens is 300 g/mol. The summed E-state index contributed by atoms with van der Waals surface area (Å²) in [6.45, 7) is 1.79. The first-order chi connectivity index (χ1) is 10.9. The topological polar surface area (TPSA) is 102 Å². The molecule has 0 heterocycles. The number of amides is 1. The SMILES string of the molecule is COc1ccccc1[C@H](C)NC(=O)c1ccc([N+](=O)[O-])c(O)c1. The Labute approximate surface area is 132 Å². The van der Waals surface area contributed by atoms with Crippen LogP contribution in [0, 0.1) is 10.1 Å². The number of para-hydroxylation sites is 1. The van der Waals surface area contributed by atoms with Crippen molar-refractivity contribution in [1.29, 1.82) is 0 Å². The zero-order chi connectivity index (χ0) is 17.0. The number of nitrogens with zero attached hydrogens (tertiary/aromatic N) is 1. The van der Waals surface area contributed by atoms with Gasteiger partial charge in [0.2, 0.25) is 0 Å². The highest BCUT2D eigenvalue weighted by Crippen LogP contribution is 2.27.